The van der Waals surface area contributed by atoms with E-state index in [0.717, 1.165) is 5.56 Å². The fourth-order valence-electron chi connectivity index (χ4n) is 1.16. The normalized spacial score (nSPS) is 9.87. The summed E-state index contributed by atoms with van der Waals surface area (Å²) in [5.41, 5.74) is 6.59. The molecule has 2 rings (SSSR count). The average Bonchev–Trinajstić information content (AvgIpc) is 2.28. The lowest BCUT2D eigenvalue weighted by molar-refractivity contribution is 1.07. The molecule has 0 bridgehead atoms. The van der Waals surface area contributed by atoms with Gasteiger partial charge in [0.25, 0.3) is 0 Å². The Balaban J connectivity index is 1.99. The minimum atomic E-state index is 0.409. The predicted molar refractivity (Wildman–Crippen MR) is 58.0 cm³/mol. The molecule has 15 heavy (non-hydrogen) atoms. The van der Waals surface area contributed by atoms with Crippen LogP contribution < -0.4 is 11.1 Å². The second kappa shape index (κ2) is 4.36. The molecular weight excluding hydrogens is 190 g/mol. The summed E-state index contributed by atoms with van der Waals surface area (Å²) in [6.07, 6.45) is 6.68. The molecule has 0 atom stereocenters. The number of hydrogen-bond acceptors (Lipinski definition) is 5. The van der Waals surface area contributed by atoms with Crippen LogP contribution in [0.2, 0.25) is 0 Å². The number of rotatable bonds is 3. The van der Waals surface area contributed by atoms with Crippen LogP contribution in [0.15, 0.2) is 36.9 Å². The van der Waals surface area contributed by atoms with Crippen LogP contribution >= 0.6 is 0 Å². The largest absolute Gasteiger partial charge is 0.382 e. The highest BCUT2D eigenvalue weighted by Crippen LogP contribution is 2.05. The Hall–Kier alpha value is -2.17. The lowest BCUT2D eigenvalue weighted by Crippen LogP contribution is -2.03. The maximum atomic E-state index is 5.50. The molecule has 0 aliphatic heterocycles. The Morgan fingerprint density at radius 2 is 2.13 bits per heavy atom. The molecule has 0 spiro atoms. The monoisotopic (exact) mass is 201 g/mol. The summed E-state index contributed by atoms with van der Waals surface area (Å²) < 4.78 is 0. The zero-order chi connectivity index (χ0) is 10.5. The zero-order valence-electron chi connectivity index (χ0n) is 8.09. The first-order valence-corrected chi connectivity index (χ1v) is 4.55. The Bertz CT molecular complexity index is 429. The maximum Gasteiger partial charge on any atom is 0.147 e. The number of nitrogens with one attached hydrogen (secondary N) is 1. The molecular formula is C10H11N5. The molecule has 2 aromatic rings. The van der Waals surface area contributed by atoms with Gasteiger partial charge in [-0.25, -0.2) is 4.98 Å². The molecule has 5 nitrogen and oxygen atoms in total. The third-order valence-corrected chi connectivity index (χ3v) is 1.85. The van der Waals surface area contributed by atoms with E-state index in [4.69, 9.17) is 5.73 Å². The van der Waals surface area contributed by atoms with Gasteiger partial charge in [-0.2, -0.15) is 0 Å². The quantitative estimate of drug-likeness (QED) is 0.776. The van der Waals surface area contributed by atoms with Crippen LogP contribution in [0, 0.1) is 0 Å². The molecule has 0 aromatic carbocycles. The third-order valence-electron chi connectivity index (χ3n) is 1.85. The topological polar surface area (TPSA) is 76.7 Å². The van der Waals surface area contributed by atoms with Gasteiger partial charge >= 0.3 is 0 Å². The molecule has 0 aliphatic carbocycles. The number of nitrogen functional groups attached to an aromatic ring is 1. The standard InChI is InChI=1S/C10H11N5/c11-9-6-13-7-10(15-9)14-5-8-2-1-3-12-4-8/h1-4,6-7H,5H2,(H3,11,14,15). The molecule has 5 heteroatoms. The molecule has 76 valence electrons. The number of anilines is 2. The van der Waals surface area contributed by atoms with Gasteiger partial charge in [0, 0.05) is 18.9 Å². The third kappa shape index (κ3) is 2.63. The minimum Gasteiger partial charge on any atom is -0.382 e. The lowest BCUT2D eigenvalue weighted by Gasteiger charge is -2.04. The Labute approximate surface area is 87.4 Å². The number of nitrogens with zero attached hydrogens (tertiary/aromatic N) is 3. The van der Waals surface area contributed by atoms with E-state index >= 15 is 0 Å². The number of pyridine rings is 1. The highest BCUT2D eigenvalue weighted by atomic mass is 15.0. The summed E-state index contributed by atoms with van der Waals surface area (Å²) in [7, 11) is 0. The van der Waals surface area contributed by atoms with Crippen LogP contribution in [0.4, 0.5) is 11.6 Å². The summed E-state index contributed by atoms with van der Waals surface area (Å²) in [5.74, 6) is 1.07. The van der Waals surface area contributed by atoms with Crippen molar-refractivity contribution in [3.05, 3.63) is 42.5 Å². The molecule has 2 heterocycles. The summed E-state index contributed by atoms with van der Waals surface area (Å²) in [6.45, 7) is 0.659. The molecule has 0 amide bonds. The molecule has 0 radical (unpaired) electrons. The smallest absolute Gasteiger partial charge is 0.147 e. The highest BCUT2D eigenvalue weighted by Gasteiger charge is 1.95. The van der Waals surface area contributed by atoms with E-state index in [-0.39, 0.29) is 0 Å². The SMILES string of the molecule is Nc1cncc(NCc2cccnc2)n1. The summed E-state index contributed by atoms with van der Waals surface area (Å²) >= 11 is 0. The van der Waals surface area contributed by atoms with Crippen molar-refractivity contribution in [3.63, 3.8) is 0 Å². The lowest BCUT2D eigenvalue weighted by atomic mass is 10.3. The van der Waals surface area contributed by atoms with Gasteiger partial charge in [0.15, 0.2) is 0 Å². The van der Waals surface area contributed by atoms with Crippen molar-refractivity contribution < 1.29 is 0 Å². The molecule has 0 aliphatic rings. The van der Waals surface area contributed by atoms with E-state index in [2.05, 4.69) is 20.3 Å². The van der Waals surface area contributed by atoms with E-state index in [9.17, 15) is 0 Å². The van der Waals surface area contributed by atoms with E-state index in [1.54, 1.807) is 18.6 Å². The number of aromatic nitrogens is 3. The van der Waals surface area contributed by atoms with Crippen molar-refractivity contribution in [2.75, 3.05) is 11.1 Å². The van der Waals surface area contributed by atoms with Gasteiger partial charge in [-0.1, -0.05) is 6.07 Å². The molecule has 0 unspecified atom stereocenters. The van der Waals surface area contributed by atoms with E-state index in [1.807, 2.05) is 12.1 Å². The molecule has 3 N–H and O–H groups in total. The van der Waals surface area contributed by atoms with Crippen LogP contribution in [-0.4, -0.2) is 15.0 Å². The first-order valence-electron chi connectivity index (χ1n) is 4.55. The first-order chi connectivity index (χ1) is 7.34. The van der Waals surface area contributed by atoms with Crippen molar-refractivity contribution in [3.8, 4) is 0 Å². The number of hydrogen-bond donors (Lipinski definition) is 2. The van der Waals surface area contributed by atoms with Crippen LogP contribution in [0.25, 0.3) is 0 Å². The molecule has 2 aromatic heterocycles. The van der Waals surface area contributed by atoms with Crippen molar-refractivity contribution in [2.24, 2.45) is 0 Å². The molecule has 0 fully saturated rings. The number of nitrogens with two attached hydrogens (primary N) is 1. The van der Waals surface area contributed by atoms with Gasteiger partial charge in [0.2, 0.25) is 0 Å². The van der Waals surface area contributed by atoms with Crippen molar-refractivity contribution in [1.29, 1.82) is 0 Å². The van der Waals surface area contributed by atoms with Crippen LogP contribution in [0.3, 0.4) is 0 Å². The predicted octanol–water partition coefficient (Wildman–Crippen LogP) is 1.07. The van der Waals surface area contributed by atoms with Gasteiger partial charge in [0.1, 0.15) is 11.6 Å². The van der Waals surface area contributed by atoms with Crippen molar-refractivity contribution >= 4 is 11.6 Å². The zero-order valence-corrected chi connectivity index (χ0v) is 8.09. The minimum absolute atomic E-state index is 0.409. The highest BCUT2D eigenvalue weighted by molar-refractivity contribution is 5.38. The van der Waals surface area contributed by atoms with Gasteiger partial charge in [-0.15, -0.1) is 0 Å². The van der Waals surface area contributed by atoms with Crippen LogP contribution in [-0.2, 0) is 6.54 Å². The fourth-order valence-corrected chi connectivity index (χ4v) is 1.16. The summed E-state index contributed by atoms with van der Waals surface area (Å²) in [4.78, 5) is 12.0. The van der Waals surface area contributed by atoms with E-state index in [1.165, 1.54) is 6.20 Å². The van der Waals surface area contributed by atoms with E-state index < -0.39 is 0 Å². The second-order valence-electron chi connectivity index (χ2n) is 3.04. The molecule has 0 saturated carbocycles. The van der Waals surface area contributed by atoms with Gasteiger partial charge in [-0.05, 0) is 11.6 Å². The Morgan fingerprint density at radius 3 is 2.87 bits per heavy atom. The van der Waals surface area contributed by atoms with E-state index in [0.29, 0.717) is 18.2 Å². The second-order valence-corrected chi connectivity index (χ2v) is 3.04. The average molecular weight is 201 g/mol. The maximum absolute atomic E-state index is 5.50. The van der Waals surface area contributed by atoms with Crippen LogP contribution in [0.1, 0.15) is 5.56 Å². The Kier molecular flexibility index (Phi) is 2.73. The Morgan fingerprint density at radius 1 is 1.20 bits per heavy atom. The fraction of sp³-hybridized carbons (Fsp3) is 0.100. The van der Waals surface area contributed by atoms with Crippen molar-refractivity contribution in [2.45, 2.75) is 6.54 Å². The summed E-state index contributed by atoms with van der Waals surface area (Å²) in [6, 6.07) is 3.88. The summed E-state index contributed by atoms with van der Waals surface area (Å²) in [5, 5.41) is 3.11. The van der Waals surface area contributed by atoms with Gasteiger partial charge < -0.3 is 11.1 Å². The first kappa shape index (κ1) is 9.39. The van der Waals surface area contributed by atoms with Gasteiger partial charge in [-0.3, -0.25) is 9.97 Å². The van der Waals surface area contributed by atoms with Gasteiger partial charge in [0.05, 0.1) is 12.4 Å². The molecule has 0 saturated heterocycles. The van der Waals surface area contributed by atoms with Crippen LogP contribution in [0.5, 0.6) is 0 Å². The van der Waals surface area contributed by atoms with Crippen molar-refractivity contribution in [1.82, 2.24) is 15.0 Å².